The average Bonchev–Trinajstić information content (AvgIpc) is 2.16. The fourth-order valence-corrected chi connectivity index (χ4v) is 0.600. The Hall–Kier alpha value is 1.03. The van der Waals surface area contributed by atoms with Crippen molar-refractivity contribution in [3.63, 3.8) is 0 Å². The van der Waals surface area contributed by atoms with E-state index in [-0.39, 0.29) is 121 Å². The van der Waals surface area contributed by atoms with Gasteiger partial charge in [-0.15, -0.1) is 0 Å². The van der Waals surface area contributed by atoms with E-state index < -0.39 is 35.8 Å². The van der Waals surface area contributed by atoms with Crippen LogP contribution in [0, 0.1) is 0 Å². The van der Waals surface area contributed by atoms with Gasteiger partial charge in [-0.2, -0.15) is 0 Å². The molecule has 0 aliphatic rings. The minimum Gasteiger partial charge on any atom is -0.548 e. The SMILES string of the molecule is NC(=O)C[C@H](N)C(=O)[O-].NC(=O)C[C@H](N)C(=O)[O-].O.[K+].[K+]. The van der Waals surface area contributed by atoms with Gasteiger partial charge < -0.3 is 48.2 Å². The number of amides is 2. The van der Waals surface area contributed by atoms with Crippen LogP contribution in [-0.2, 0) is 19.2 Å². The maximum atomic E-state index is 9.97. The second-order valence-electron chi connectivity index (χ2n) is 3.19. The third-order valence-corrected chi connectivity index (χ3v) is 1.45. The summed E-state index contributed by atoms with van der Waals surface area (Å²) in [6, 6.07) is -2.55. The molecule has 0 fully saturated rings. The van der Waals surface area contributed by atoms with Crippen molar-refractivity contribution in [3.05, 3.63) is 0 Å². The largest absolute Gasteiger partial charge is 1.00 e. The Morgan fingerprint density at radius 1 is 0.762 bits per heavy atom. The topological polar surface area (TPSA) is 250 Å². The van der Waals surface area contributed by atoms with E-state index in [4.69, 9.17) is 11.5 Å². The molecule has 11 nitrogen and oxygen atoms in total. The Balaban J connectivity index is -0.0000000711. The molecule has 0 radical (unpaired) electrons. The van der Waals surface area contributed by atoms with Gasteiger partial charge in [-0.1, -0.05) is 0 Å². The van der Waals surface area contributed by atoms with E-state index in [0.717, 1.165) is 0 Å². The molecule has 0 aliphatic heterocycles. The van der Waals surface area contributed by atoms with Gasteiger partial charge in [0.15, 0.2) is 0 Å². The molecule has 0 aromatic carbocycles. The van der Waals surface area contributed by atoms with Crippen molar-refractivity contribution in [1.29, 1.82) is 0 Å². The Morgan fingerprint density at radius 3 is 1.00 bits per heavy atom. The van der Waals surface area contributed by atoms with Crippen molar-refractivity contribution in [2.45, 2.75) is 24.9 Å². The van der Waals surface area contributed by atoms with Crippen molar-refractivity contribution in [3.8, 4) is 0 Å². The molecule has 0 heterocycles. The molecule has 0 unspecified atom stereocenters. The number of carbonyl (C=O) groups excluding carboxylic acids is 4. The predicted octanol–water partition coefficient (Wildman–Crippen LogP) is -12.9. The number of carboxylic acid groups (broad SMARTS) is 2. The molecule has 2 amide bonds. The smallest absolute Gasteiger partial charge is 0.548 e. The van der Waals surface area contributed by atoms with Gasteiger partial charge in [0.1, 0.15) is 0 Å². The number of carbonyl (C=O) groups is 4. The van der Waals surface area contributed by atoms with Crippen LogP contribution in [0.25, 0.3) is 0 Å². The van der Waals surface area contributed by atoms with Crippen molar-refractivity contribution in [1.82, 2.24) is 0 Å². The molecule has 2 atom stereocenters. The minimum absolute atomic E-state index is 0. The molecule has 0 spiro atoms. The number of hydrogen-bond acceptors (Lipinski definition) is 8. The average molecular weight is 358 g/mol. The molecule has 0 saturated heterocycles. The van der Waals surface area contributed by atoms with Crippen molar-refractivity contribution in [2.24, 2.45) is 22.9 Å². The number of nitrogens with two attached hydrogens (primary N) is 4. The maximum absolute atomic E-state index is 9.97. The molecule has 10 N–H and O–H groups in total. The summed E-state index contributed by atoms with van der Waals surface area (Å²) < 4.78 is 0. The summed E-state index contributed by atoms with van der Waals surface area (Å²) in [6.45, 7) is 0. The molecule has 0 rings (SSSR count). The molecule has 0 saturated carbocycles. The predicted molar refractivity (Wildman–Crippen MR) is 57.2 cm³/mol. The first-order valence-electron chi connectivity index (χ1n) is 4.57. The van der Waals surface area contributed by atoms with E-state index in [2.05, 4.69) is 11.5 Å². The summed E-state index contributed by atoms with van der Waals surface area (Å²) in [4.78, 5) is 39.5. The van der Waals surface area contributed by atoms with Crippen LogP contribution in [0.3, 0.4) is 0 Å². The summed E-state index contributed by atoms with van der Waals surface area (Å²) in [5.41, 5.74) is 19.0. The molecule has 0 aromatic rings. The van der Waals surface area contributed by atoms with Crippen LogP contribution in [0.1, 0.15) is 12.8 Å². The van der Waals surface area contributed by atoms with Crippen molar-refractivity contribution >= 4 is 23.8 Å². The Kier molecular flexibility index (Phi) is 30.5. The summed E-state index contributed by atoms with van der Waals surface area (Å²) in [5, 5.41) is 19.6. The van der Waals surface area contributed by atoms with Gasteiger partial charge in [-0.3, -0.25) is 9.59 Å². The fraction of sp³-hybridized carbons (Fsp3) is 0.500. The molecular formula is C8H16K2N4O7. The van der Waals surface area contributed by atoms with E-state index in [1.807, 2.05) is 0 Å². The van der Waals surface area contributed by atoms with Crippen LogP contribution in [0.15, 0.2) is 0 Å². The Labute approximate surface area is 205 Å². The molecule has 0 aliphatic carbocycles. The van der Waals surface area contributed by atoms with E-state index in [0.29, 0.717) is 0 Å². The summed E-state index contributed by atoms with van der Waals surface area (Å²) in [5.74, 6) is -4.42. The van der Waals surface area contributed by atoms with Crippen molar-refractivity contribution < 1.29 is 138 Å². The zero-order valence-electron chi connectivity index (χ0n) is 11.8. The van der Waals surface area contributed by atoms with Crippen LogP contribution >= 0.6 is 0 Å². The van der Waals surface area contributed by atoms with Crippen LogP contribution in [-0.4, -0.2) is 41.3 Å². The number of carboxylic acids is 2. The third-order valence-electron chi connectivity index (χ3n) is 1.45. The van der Waals surface area contributed by atoms with Gasteiger partial charge in [-0.25, -0.2) is 0 Å². The summed E-state index contributed by atoms with van der Waals surface area (Å²) >= 11 is 0. The Bertz CT molecular complexity index is 311. The van der Waals surface area contributed by atoms with Gasteiger partial charge in [0.05, 0.1) is 24.0 Å². The zero-order valence-corrected chi connectivity index (χ0v) is 18.1. The fourth-order valence-electron chi connectivity index (χ4n) is 0.600. The number of hydrogen-bond donors (Lipinski definition) is 4. The second-order valence-corrected chi connectivity index (χ2v) is 3.19. The van der Waals surface area contributed by atoms with Crippen LogP contribution in [0.2, 0.25) is 0 Å². The van der Waals surface area contributed by atoms with Gasteiger partial charge in [-0.05, 0) is 0 Å². The monoisotopic (exact) mass is 358 g/mol. The first-order chi connectivity index (χ1) is 8.07. The number of primary amides is 2. The maximum Gasteiger partial charge on any atom is 1.00 e. The summed E-state index contributed by atoms with van der Waals surface area (Å²) in [7, 11) is 0. The molecule has 21 heavy (non-hydrogen) atoms. The zero-order chi connectivity index (χ0) is 14.9. The number of rotatable bonds is 6. The van der Waals surface area contributed by atoms with Crippen molar-refractivity contribution in [2.75, 3.05) is 0 Å². The molecule has 112 valence electrons. The van der Waals surface area contributed by atoms with E-state index in [1.165, 1.54) is 0 Å². The van der Waals surface area contributed by atoms with Gasteiger partial charge in [0.2, 0.25) is 11.8 Å². The van der Waals surface area contributed by atoms with Crippen LogP contribution < -0.4 is 136 Å². The molecule has 0 aromatic heterocycles. The second kappa shape index (κ2) is 19.1. The first-order valence-corrected chi connectivity index (χ1v) is 4.57. The Morgan fingerprint density at radius 2 is 0.952 bits per heavy atom. The minimum atomic E-state index is -1.46. The van der Waals surface area contributed by atoms with E-state index in [9.17, 15) is 29.4 Å². The molecule has 0 bridgehead atoms. The normalized spacial score (nSPS) is 10.8. The van der Waals surface area contributed by atoms with E-state index in [1.54, 1.807) is 0 Å². The number of aliphatic carboxylic acids is 2. The standard InChI is InChI=1S/2C4H8N2O3.2K.H2O/c2*5-2(4(8)9)1-3(6)7;;;/h2*2H,1,5H2,(H2,6,7)(H,8,9);;;1H2/q;;2*+1;/p-2/t2*2-;;;/m00.../s1. The van der Waals surface area contributed by atoms with Gasteiger partial charge in [0, 0.05) is 12.8 Å². The van der Waals surface area contributed by atoms with Gasteiger partial charge in [0.25, 0.3) is 0 Å². The first kappa shape index (κ1) is 33.6. The summed E-state index contributed by atoms with van der Waals surface area (Å²) in [6.07, 6.45) is -0.745. The van der Waals surface area contributed by atoms with Crippen LogP contribution in [0.4, 0.5) is 0 Å². The molecule has 13 heteroatoms. The van der Waals surface area contributed by atoms with E-state index >= 15 is 0 Å². The quantitative estimate of drug-likeness (QED) is 0.331. The van der Waals surface area contributed by atoms with Gasteiger partial charge >= 0.3 is 103 Å². The third kappa shape index (κ3) is 26.3. The molecular weight excluding hydrogens is 342 g/mol. The van der Waals surface area contributed by atoms with Crippen LogP contribution in [0.5, 0.6) is 0 Å².